The molecule has 2 amide bonds. The molecular formula is C35H37NO10S. The van der Waals surface area contributed by atoms with Crippen LogP contribution in [0, 0.1) is 11.8 Å². The lowest BCUT2D eigenvalue weighted by atomic mass is 9.99. The Bertz CT molecular complexity index is 1750. The zero-order valence-corrected chi connectivity index (χ0v) is 27.7. The van der Waals surface area contributed by atoms with Crippen LogP contribution in [0.1, 0.15) is 57.7 Å². The fraction of sp³-hybridized carbons (Fsp3) is 0.371. The van der Waals surface area contributed by atoms with Crippen LogP contribution in [0.4, 0.5) is 0 Å². The SMILES string of the molecule is CCCOc1ccc(C2OC(OCC#CCN3C(=O)c4ccccc4C3=O)(c3cc(OC)c(OC)c(OC)c3)CC2S(C)(=O)=O)cc1. The molecule has 0 N–H and O–H groups in total. The largest absolute Gasteiger partial charge is 0.494 e. The molecule has 0 bridgehead atoms. The van der Waals surface area contributed by atoms with Gasteiger partial charge in [-0.05, 0) is 48.4 Å². The van der Waals surface area contributed by atoms with Crippen molar-refractivity contribution in [3.63, 3.8) is 0 Å². The van der Waals surface area contributed by atoms with Crippen LogP contribution in [0.5, 0.6) is 23.0 Å². The Morgan fingerprint density at radius 1 is 0.915 bits per heavy atom. The number of carbonyl (C=O) groups is 2. The third kappa shape index (κ3) is 6.79. The van der Waals surface area contributed by atoms with Crippen LogP contribution < -0.4 is 18.9 Å². The van der Waals surface area contributed by atoms with Gasteiger partial charge in [0.25, 0.3) is 11.8 Å². The van der Waals surface area contributed by atoms with Gasteiger partial charge in [0.1, 0.15) is 18.5 Å². The van der Waals surface area contributed by atoms with Gasteiger partial charge in [0.05, 0.1) is 50.9 Å². The average molecular weight is 664 g/mol. The normalized spacial score (nSPS) is 20.4. The van der Waals surface area contributed by atoms with E-state index in [1.54, 1.807) is 60.7 Å². The molecule has 2 aliphatic heterocycles. The van der Waals surface area contributed by atoms with E-state index in [-0.39, 0.29) is 19.6 Å². The molecule has 5 rings (SSSR count). The highest BCUT2D eigenvalue weighted by molar-refractivity contribution is 7.91. The monoisotopic (exact) mass is 663 g/mol. The highest BCUT2D eigenvalue weighted by atomic mass is 32.2. The van der Waals surface area contributed by atoms with Crippen LogP contribution in [0.25, 0.3) is 0 Å². The van der Waals surface area contributed by atoms with Crippen LogP contribution in [0.2, 0.25) is 0 Å². The minimum atomic E-state index is -3.67. The van der Waals surface area contributed by atoms with Gasteiger partial charge in [-0.2, -0.15) is 0 Å². The number of rotatable bonds is 12. The molecule has 0 aliphatic carbocycles. The van der Waals surface area contributed by atoms with Gasteiger partial charge < -0.3 is 28.4 Å². The average Bonchev–Trinajstić information content (AvgIpc) is 3.59. The standard InChI is InChI=1S/C35H37NO10S/c1-6-18-44-25-15-13-23(14-16-25)31-30(47(5,39)40)22-35(46-31,24-20-28(41-2)32(43-4)29(21-24)42-3)45-19-10-9-17-36-33(37)26-11-7-8-12-27(26)34(36)38/h7-8,11-16,20-21,30-31H,6,17-19,22H2,1-5H3. The molecule has 3 unspecified atom stereocenters. The Morgan fingerprint density at radius 3 is 2.06 bits per heavy atom. The second-order valence-corrected chi connectivity index (χ2v) is 13.3. The molecule has 0 radical (unpaired) electrons. The van der Waals surface area contributed by atoms with Gasteiger partial charge in [-0.25, -0.2) is 8.42 Å². The molecule has 1 saturated heterocycles. The number of sulfone groups is 1. The third-order valence-corrected chi connectivity index (χ3v) is 9.59. The van der Waals surface area contributed by atoms with E-state index in [1.165, 1.54) is 27.6 Å². The van der Waals surface area contributed by atoms with Gasteiger partial charge in [0.2, 0.25) is 5.75 Å². The zero-order chi connectivity index (χ0) is 33.8. The van der Waals surface area contributed by atoms with Crippen LogP contribution in [0.15, 0.2) is 60.7 Å². The number of methoxy groups -OCH3 is 3. The predicted molar refractivity (Wildman–Crippen MR) is 173 cm³/mol. The van der Waals surface area contributed by atoms with Crippen molar-refractivity contribution in [3.05, 3.63) is 82.9 Å². The van der Waals surface area contributed by atoms with Gasteiger partial charge in [0, 0.05) is 18.2 Å². The Kier molecular flexibility index (Phi) is 10.1. The summed E-state index contributed by atoms with van der Waals surface area (Å²) in [6.07, 6.45) is 1.03. The summed E-state index contributed by atoms with van der Waals surface area (Å²) in [5.74, 6) is 4.89. The fourth-order valence-electron chi connectivity index (χ4n) is 5.72. The Morgan fingerprint density at radius 2 is 1.53 bits per heavy atom. The molecule has 12 heteroatoms. The lowest BCUT2D eigenvalue weighted by Gasteiger charge is -2.30. The van der Waals surface area contributed by atoms with E-state index >= 15 is 0 Å². The number of imide groups is 1. The number of benzene rings is 3. The Balaban J connectivity index is 1.48. The van der Waals surface area contributed by atoms with Crippen molar-refractivity contribution in [2.24, 2.45) is 0 Å². The number of fused-ring (bicyclic) bond motifs is 1. The molecule has 47 heavy (non-hydrogen) atoms. The molecule has 3 aromatic rings. The first-order chi connectivity index (χ1) is 22.6. The number of ether oxygens (including phenoxy) is 6. The molecule has 1 fully saturated rings. The lowest BCUT2D eigenvalue weighted by Crippen LogP contribution is -2.31. The number of carbonyl (C=O) groups excluding carboxylic acids is 2. The summed E-state index contributed by atoms with van der Waals surface area (Å²) in [6.45, 7) is 2.20. The third-order valence-electron chi connectivity index (χ3n) is 8.08. The minimum absolute atomic E-state index is 0.0800. The number of hydrogen-bond acceptors (Lipinski definition) is 10. The molecule has 248 valence electrons. The molecule has 2 aliphatic rings. The number of hydrogen-bond donors (Lipinski definition) is 0. The molecule has 3 aromatic carbocycles. The summed E-state index contributed by atoms with van der Waals surface area (Å²) in [4.78, 5) is 26.6. The van der Waals surface area contributed by atoms with E-state index in [0.717, 1.165) is 11.3 Å². The van der Waals surface area contributed by atoms with E-state index < -0.39 is 38.8 Å². The number of nitrogens with zero attached hydrogens (tertiary/aromatic N) is 1. The summed E-state index contributed by atoms with van der Waals surface area (Å²) in [5, 5.41) is -0.990. The minimum Gasteiger partial charge on any atom is -0.494 e. The van der Waals surface area contributed by atoms with E-state index in [9.17, 15) is 18.0 Å². The van der Waals surface area contributed by atoms with E-state index in [4.69, 9.17) is 28.4 Å². The first-order valence-electron chi connectivity index (χ1n) is 15.0. The second-order valence-electron chi connectivity index (χ2n) is 11.1. The van der Waals surface area contributed by atoms with Gasteiger partial charge in [-0.15, -0.1) is 0 Å². The van der Waals surface area contributed by atoms with Crippen molar-refractivity contribution in [3.8, 4) is 34.8 Å². The Hall–Kier alpha value is -4.57. The molecule has 11 nitrogen and oxygen atoms in total. The topological polar surface area (TPSA) is 127 Å². The van der Waals surface area contributed by atoms with Crippen molar-refractivity contribution in [2.45, 2.75) is 36.9 Å². The van der Waals surface area contributed by atoms with E-state index in [1.807, 2.05) is 6.92 Å². The van der Waals surface area contributed by atoms with Crippen LogP contribution in [0.3, 0.4) is 0 Å². The van der Waals surface area contributed by atoms with Crippen molar-refractivity contribution < 1.29 is 46.4 Å². The highest BCUT2D eigenvalue weighted by Gasteiger charge is 2.53. The van der Waals surface area contributed by atoms with Crippen LogP contribution >= 0.6 is 0 Å². The maximum atomic E-state index is 13.2. The van der Waals surface area contributed by atoms with Gasteiger partial charge >= 0.3 is 0 Å². The first kappa shape index (κ1) is 33.8. The zero-order valence-electron chi connectivity index (χ0n) is 26.9. The molecule has 0 saturated carbocycles. The lowest BCUT2D eigenvalue weighted by molar-refractivity contribution is -0.230. The van der Waals surface area contributed by atoms with Gasteiger partial charge in [-0.1, -0.05) is 43.0 Å². The quantitative estimate of drug-likeness (QED) is 0.201. The van der Waals surface area contributed by atoms with Gasteiger partial charge in [-0.3, -0.25) is 14.5 Å². The van der Waals surface area contributed by atoms with Crippen molar-refractivity contribution in [2.75, 3.05) is 47.3 Å². The second kappa shape index (κ2) is 14.0. The van der Waals surface area contributed by atoms with E-state index in [0.29, 0.717) is 51.9 Å². The summed E-state index contributed by atoms with van der Waals surface area (Å²) in [5.41, 5.74) is 1.71. The van der Waals surface area contributed by atoms with Crippen molar-refractivity contribution in [1.29, 1.82) is 0 Å². The van der Waals surface area contributed by atoms with Crippen molar-refractivity contribution in [1.82, 2.24) is 4.90 Å². The maximum absolute atomic E-state index is 13.2. The highest BCUT2D eigenvalue weighted by Crippen LogP contribution is 2.52. The summed E-state index contributed by atoms with van der Waals surface area (Å²) in [6, 6.07) is 17.0. The number of amides is 2. The van der Waals surface area contributed by atoms with Crippen molar-refractivity contribution >= 4 is 21.7 Å². The predicted octanol–water partition coefficient (Wildman–Crippen LogP) is 4.55. The van der Waals surface area contributed by atoms with E-state index in [2.05, 4.69) is 11.8 Å². The summed E-state index contributed by atoms with van der Waals surface area (Å²) in [7, 11) is 0.747. The first-order valence-corrected chi connectivity index (χ1v) is 17.0. The molecule has 3 atom stereocenters. The summed E-state index contributed by atoms with van der Waals surface area (Å²) >= 11 is 0. The molecule has 0 aromatic heterocycles. The smallest absolute Gasteiger partial charge is 0.262 e. The molecule has 0 spiro atoms. The van der Waals surface area contributed by atoms with Crippen LogP contribution in [-0.4, -0.2) is 77.7 Å². The fourth-order valence-corrected chi connectivity index (χ4v) is 6.90. The summed E-state index contributed by atoms with van der Waals surface area (Å²) < 4.78 is 61.8. The molecular weight excluding hydrogens is 626 g/mol. The molecule has 2 heterocycles. The van der Waals surface area contributed by atoms with Crippen LogP contribution in [-0.2, 0) is 25.1 Å². The Labute approximate surface area is 274 Å². The van der Waals surface area contributed by atoms with Gasteiger partial charge in [0.15, 0.2) is 27.1 Å². The maximum Gasteiger partial charge on any atom is 0.262 e.